The highest BCUT2D eigenvalue weighted by Gasteiger charge is 2.25. The van der Waals surface area contributed by atoms with E-state index in [1.807, 2.05) is 19.1 Å². The van der Waals surface area contributed by atoms with E-state index in [-0.39, 0.29) is 17.7 Å². The van der Waals surface area contributed by atoms with Crippen LogP contribution in [0.4, 0.5) is 11.4 Å². The van der Waals surface area contributed by atoms with Gasteiger partial charge in [0, 0.05) is 43.1 Å². The number of methoxy groups -OCH3 is 1. The number of nitrogens with zero attached hydrogens (tertiary/aromatic N) is 2. The number of ether oxygens (including phenoxy) is 1. The highest BCUT2D eigenvalue weighted by molar-refractivity contribution is 5.98. The summed E-state index contributed by atoms with van der Waals surface area (Å²) >= 11 is 0. The predicted molar refractivity (Wildman–Crippen MR) is 111 cm³/mol. The Morgan fingerprint density at radius 1 is 1.04 bits per heavy atom. The van der Waals surface area contributed by atoms with Gasteiger partial charge in [-0.05, 0) is 50.2 Å². The Kier molecular flexibility index (Phi) is 6.31. The number of rotatable bonds is 6. The van der Waals surface area contributed by atoms with Crippen LogP contribution in [0.1, 0.15) is 24.2 Å². The van der Waals surface area contributed by atoms with Gasteiger partial charge in [0.1, 0.15) is 5.75 Å². The van der Waals surface area contributed by atoms with E-state index in [0.29, 0.717) is 11.3 Å². The molecular weight excluding hydrogens is 354 g/mol. The fourth-order valence-electron chi connectivity index (χ4n) is 3.39. The van der Waals surface area contributed by atoms with Crippen molar-refractivity contribution < 1.29 is 14.3 Å². The van der Waals surface area contributed by atoms with Crippen LogP contribution in [0.15, 0.2) is 48.5 Å². The Morgan fingerprint density at radius 2 is 1.71 bits per heavy atom. The van der Waals surface area contributed by atoms with Gasteiger partial charge in [-0.3, -0.25) is 14.5 Å². The van der Waals surface area contributed by atoms with Crippen molar-refractivity contribution in [2.24, 2.45) is 0 Å². The number of piperazine rings is 1. The molecule has 1 heterocycles. The smallest absolute Gasteiger partial charge is 0.241 e. The van der Waals surface area contributed by atoms with Crippen LogP contribution in [0.3, 0.4) is 0 Å². The Hall–Kier alpha value is -2.86. The summed E-state index contributed by atoms with van der Waals surface area (Å²) in [5.74, 6) is 0.777. The summed E-state index contributed by atoms with van der Waals surface area (Å²) in [5, 5.41) is 2.93. The summed E-state index contributed by atoms with van der Waals surface area (Å²) in [6.07, 6.45) is 0. The lowest BCUT2D eigenvalue weighted by Crippen LogP contribution is -2.52. The molecule has 0 aromatic heterocycles. The first-order valence-electron chi connectivity index (χ1n) is 9.53. The van der Waals surface area contributed by atoms with Crippen LogP contribution < -0.4 is 15.0 Å². The van der Waals surface area contributed by atoms with E-state index in [9.17, 15) is 9.59 Å². The number of benzene rings is 2. The maximum atomic E-state index is 12.6. The van der Waals surface area contributed by atoms with Crippen LogP contribution in [0.2, 0.25) is 0 Å². The lowest BCUT2D eigenvalue weighted by molar-refractivity contribution is -0.120. The molecule has 0 radical (unpaired) electrons. The van der Waals surface area contributed by atoms with Crippen LogP contribution in [0, 0.1) is 0 Å². The minimum Gasteiger partial charge on any atom is -0.497 e. The lowest BCUT2D eigenvalue weighted by Gasteiger charge is -2.38. The van der Waals surface area contributed by atoms with Gasteiger partial charge in [0.25, 0.3) is 0 Å². The molecule has 0 spiro atoms. The molecule has 0 saturated carbocycles. The second-order valence-corrected chi connectivity index (χ2v) is 7.02. The minimum absolute atomic E-state index is 0.0150. The summed E-state index contributed by atoms with van der Waals surface area (Å²) in [4.78, 5) is 28.7. The third kappa shape index (κ3) is 4.70. The molecule has 148 valence electrons. The van der Waals surface area contributed by atoms with E-state index < -0.39 is 0 Å². The Balaban J connectivity index is 1.55. The second kappa shape index (κ2) is 8.89. The van der Waals surface area contributed by atoms with E-state index >= 15 is 0 Å². The molecule has 3 rings (SSSR count). The molecule has 1 saturated heterocycles. The Bertz CT molecular complexity index is 827. The fourth-order valence-corrected chi connectivity index (χ4v) is 3.39. The number of carbonyl (C=O) groups is 2. The molecular formula is C22H27N3O3. The maximum Gasteiger partial charge on any atom is 0.241 e. The van der Waals surface area contributed by atoms with E-state index in [1.165, 1.54) is 12.6 Å². The topological polar surface area (TPSA) is 61.9 Å². The molecule has 1 aliphatic heterocycles. The van der Waals surface area contributed by atoms with Crippen LogP contribution >= 0.6 is 0 Å². The molecule has 2 aromatic rings. The van der Waals surface area contributed by atoms with Crippen LogP contribution in [-0.4, -0.2) is 55.9 Å². The highest BCUT2D eigenvalue weighted by Crippen LogP contribution is 2.21. The molecule has 28 heavy (non-hydrogen) atoms. The number of ketones is 1. The molecule has 2 aromatic carbocycles. The molecule has 6 nitrogen and oxygen atoms in total. The molecule has 1 unspecified atom stereocenters. The number of hydrogen-bond donors (Lipinski definition) is 1. The van der Waals surface area contributed by atoms with Crippen molar-refractivity contribution >= 4 is 23.1 Å². The van der Waals surface area contributed by atoms with E-state index in [1.54, 1.807) is 31.4 Å². The molecule has 1 aliphatic rings. The van der Waals surface area contributed by atoms with Gasteiger partial charge in [0.15, 0.2) is 5.78 Å². The quantitative estimate of drug-likeness (QED) is 0.780. The maximum absolute atomic E-state index is 12.6. The van der Waals surface area contributed by atoms with Gasteiger partial charge in [-0.15, -0.1) is 0 Å². The predicted octanol–water partition coefficient (Wildman–Crippen LogP) is 3.05. The van der Waals surface area contributed by atoms with Crippen molar-refractivity contribution in [3.8, 4) is 5.75 Å². The summed E-state index contributed by atoms with van der Waals surface area (Å²) in [5.41, 5.74) is 2.42. The van der Waals surface area contributed by atoms with Gasteiger partial charge in [-0.1, -0.05) is 12.1 Å². The minimum atomic E-state index is -0.237. The van der Waals surface area contributed by atoms with Crippen molar-refractivity contribution in [1.29, 1.82) is 0 Å². The van der Waals surface area contributed by atoms with Crippen LogP contribution in [0.25, 0.3) is 0 Å². The SMILES string of the molecule is COc1ccc(N2CCN(C(C)C(=O)Nc3cccc(C(C)=O)c3)CC2)cc1. The van der Waals surface area contributed by atoms with Gasteiger partial charge in [0.05, 0.1) is 13.2 Å². The molecule has 1 amide bonds. The number of carbonyl (C=O) groups excluding carboxylic acids is 2. The van der Waals surface area contributed by atoms with E-state index in [4.69, 9.17) is 4.74 Å². The second-order valence-electron chi connectivity index (χ2n) is 7.02. The summed E-state index contributed by atoms with van der Waals surface area (Å²) < 4.78 is 5.21. The first kappa shape index (κ1) is 19.9. The Morgan fingerprint density at radius 3 is 2.32 bits per heavy atom. The van der Waals surface area contributed by atoms with Gasteiger partial charge in [0.2, 0.25) is 5.91 Å². The van der Waals surface area contributed by atoms with Crippen molar-refractivity contribution in [3.05, 3.63) is 54.1 Å². The van der Waals surface area contributed by atoms with Crippen molar-refractivity contribution in [1.82, 2.24) is 4.90 Å². The van der Waals surface area contributed by atoms with E-state index in [0.717, 1.165) is 31.9 Å². The zero-order valence-corrected chi connectivity index (χ0v) is 16.6. The standard InChI is InChI=1S/C22H27N3O3/c1-16(22(27)23-19-6-4-5-18(15-19)17(2)26)24-11-13-25(14-12-24)20-7-9-21(28-3)10-8-20/h4-10,15-16H,11-14H2,1-3H3,(H,23,27). The van der Waals surface area contributed by atoms with Crippen molar-refractivity contribution in [3.63, 3.8) is 0 Å². The highest BCUT2D eigenvalue weighted by atomic mass is 16.5. The normalized spacial score (nSPS) is 15.8. The fraction of sp³-hybridized carbons (Fsp3) is 0.364. The molecule has 1 fully saturated rings. The zero-order valence-electron chi connectivity index (χ0n) is 16.6. The van der Waals surface area contributed by atoms with Gasteiger partial charge in [-0.2, -0.15) is 0 Å². The first-order valence-corrected chi connectivity index (χ1v) is 9.53. The molecule has 0 bridgehead atoms. The first-order chi connectivity index (χ1) is 13.5. The number of anilines is 2. The molecule has 0 aliphatic carbocycles. The third-order valence-corrected chi connectivity index (χ3v) is 5.22. The van der Waals surface area contributed by atoms with Crippen molar-refractivity contribution in [2.75, 3.05) is 43.5 Å². The largest absolute Gasteiger partial charge is 0.497 e. The average Bonchev–Trinajstić information content (AvgIpc) is 2.73. The van der Waals surface area contributed by atoms with Gasteiger partial charge >= 0.3 is 0 Å². The molecule has 1 atom stereocenters. The van der Waals surface area contributed by atoms with Crippen molar-refractivity contribution in [2.45, 2.75) is 19.9 Å². The van der Waals surface area contributed by atoms with Gasteiger partial charge < -0.3 is 15.0 Å². The zero-order chi connectivity index (χ0) is 20.1. The monoisotopic (exact) mass is 381 g/mol. The molecule has 6 heteroatoms. The number of Topliss-reactive ketones (excluding diaryl/α,β-unsaturated/α-hetero) is 1. The summed E-state index contributed by atoms with van der Waals surface area (Å²) in [6.45, 7) is 6.80. The van der Waals surface area contributed by atoms with Crippen LogP contribution in [0.5, 0.6) is 5.75 Å². The number of hydrogen-bond acceptors (Lipinski definition) is 5. The number of nitrogens with one attached hydrogen (secondary N) is 1. The Labute approximate surface area is 166 Å². The summed E-state index contributed by atoms with van der Waals surface area (Å²) in [6, 6.07) is 14.9. The van der Waals surface area contributed by atoms with Gasteiger partial charge in [-0.25, -0.2) is 0 Å². The third-order valence-electron chi connectivity index (χ3n) is 5.22. The van der Waals surface area contributed by atoms with E-state index in [2.05, 4.69) is 27.2 Å². The average molecular weight is 381 g/mol. The lowest BCUT2D eigenvalue weighted by atomic mass is 10.1. The van der Waals surface area contributed by atoms with Crippen LogP contribution in [-0.2, 0) is 4.79 Å². The number of amides is 1. The summed E-state index contributed by atoms with van der Waals surface area (Å²) in [7, 11) is 1.66. The molecule has 1 N–H and O–H groups in total.